The average Bonchev–Trinajstić information content (AvgIpc) is 3.11. The van der Waals surface area contributed by atoms with Gasteiger partial charge in [0.25, 0.3) is 5.56 Å². The van der Waals surface area contributed by atoms with E-state index in [2.05, 4.69) is 5.10 Å². The van der Waals surface area contributed by atoms with E-state index in [9.17, 15) is 18.0 Å². The minimum absolute atomic E-state index is 0.0378. The number of anilines is 1. The molecule has 0 radical (unpaired) electrons. The van der Waals surface area contributed by atoms with E-state index >= 15 is 0 Å². The van der Waals surface area contributed by atoms with E-state index < -0.39 is 17.3 Å². The highest BCUT2D eigenvalue weighted by molar-refractivity contribution is 5.58. The number of aromatic nitrogens is 2. The van der Waals surface area contributed by atoms with Gasteiger partial charge in [-0.3, -0.25) is 4.79 Å². The van der Waals surface area contributed by atoms with E-state index in [0.29, 0.717) is 12.4 Å². The zero-order valence-electron chi connectivity index (χ0n) is 15.1. The highest BCUT2D eigenvalue weighted by Gasteiger charge is 2.39. The van der Waals surface area contributed by atoms with Crippen LogP contribution in [0.5, 0.6) is 5.75 Å². The lowest BCUT2D eigenvalue weighted by Crippen LogP contribution is -2.28. The summed E-state index contributed by atoms with van der Waals surface area (Å²) in [5.41, 5.74) is -1.00. The minimum atomic E-state index is -4.77. The van der Waals surface area contributed by atoms with Gasteiger partial charge in [0, 0.05) is 25.3 Å². The van der Waals surface area contributed by atoms with Gasteiger partial charge in [-0.2, -0.15) is 18.3 Å². The molecule has 0 aliphatic carbocycles. The Morgan fingerprint density at radius 1 is 1.29 bits per heavy atom. The van der Waals surface area contributed by atoms with Crippen LogP contribution in [0.25, 0.3) is 0 Å². The summed E-state index contributed by atoms with van der Waals surface area (Å²) in [6.07, 6.45) is -0.585. The van der Waals surface area contributed by atoms with Crippen molar-refractivity contribution in [3.63, 3.8) is 0 Å². The van der Waals surface area contributed by atoms with Crippen LogP contribution in [0.15, 0.2) is 29.2 Å². The summed E-state index contributed by atoms with van der Waals surface area (Å²) < 4.78 is 51.8. The molecule has 1 atom stereocenters. The number of nitrogens with one attached hydrogen (secondary N) is 1. The van der Waals surface area contributed by atoms with Gasteiger partial charge in [0.1, 0.15) is 17.9 Å². The summed E-state index contributed by atoms with van der Waals surface area (Å²) in [5, 5.41) is 5.43. The predicted molar refractivity (Wildman–Crippen MR) is 95.3 cm³/mol. The number of nitrogens with zero attached hydrogens (tertiary/aromatic N) is 2. The molecule has 1 N–H and O–H groups in total. The molecule has 6 nitrogen and oxygen atoms in total. The van der Waals surface area contributed by atoms with Crippen molar-refractivity contribution >= 4 is 5.69 Å². The number of hydrogen-bond donors (Lipinski definition) is 1. The van der Waals surface area contributed by atoms with Gasteiger partial charge in [0.05, 0.1) is 18.0 Å². The third-order valence-corrected chi connectivity index (χ3v) is 5.10. The molecule has 1 unspecified atom stereocenters. The molecule has 4 rings (SSSR count). The Kier molecular flexibility index (Phi) is 5.01. The first-order chi connectivity index (χ1) is 13.4. The Balaban J connectivity index is 1.56. The predicted octanol–water partition coefficient (Wildman–Crippen LogP) is 3.26. The van der Waals surface area contributed by atoms with E-state index in [1.54, 1.807) is 0 Å². The van der Waals surface area contributed by atoms with Gasteiger partial charge in [-0.25, -0.2) is 5.10 Å². The largest absolute Gasteiger partial charge is 0.491 e. The number of ether oxygens (including phenoxy) is 2. The Bertz CT molecular complexity index is 907. The Labute approximate surface area is 159 Å². The number of aromatic amines is 1. The van der Waals surface area contributed by atoms with Crippen LogP contribution < -0.4 is 15.2 Å². The molecule has 28 heavy (non-hydrogen) atoms. The smallest absolute Gasteiger partial charge is 0.423 e. The highest BCUT2D eigenvalue weighted by Crippen LogP contribution is 2.39. The van der Waals surface area contributed by atoms with Crippen LogP contribution in [0, 0.1) is 0 Å². The molecule has 9 heteroatoms. The molecule has 1 aromatic heterocycles. The molecule has 150 valence electrons. The van der Waals surface area contributed by atoms with Crippen molar-refractivity contribution in [2.24, 2.45) is 0 Å². The molecular weight excluding hydrogens is 375 g/mol. The summed E-state index contributed by atoms with van der Waals surface area (Å²) in [7, 11) is 0. The SMILES string of the molecule is O=c1[nH]ncc(N2Cc3cccc(OCC4CCCCO4)c3C2)c1C(F)(F)F. The number of hydrogen-bond acceptors (Lipinski definition) is 5. The molecule has 2 aromatic rings. The third-order valence-electron chi connectivity index (χ3n) is 5.10. The molecule has 0 amide bonds. The van der Waals surface area contributed by atoms with Crippen molar-refractivity contribution < 1.29 is 22.6 Å². The highest BCUT2D eigenvalue weighted by atomic mass is 19.4. The lowest BCUT2D eigenvalue weighted by Gasteiger charge is -2.23. The van der Waals surface area contributed by atoms with Crippen LogP contribution in [0.2, 0.25) is 0 Å². The molecule has 0 spiro atoms. The number of alkyl halides is 3. The Hall–Kier alpha value is -2.55. The zero-order valence-corrected chi connectivity index (χ0v) is 15.1. The minimum Gasteiger partial charge on any atom is -0.491 e. The monoisotopic (exact) mass is 395 g/mol. The number of benzene rings is 1. The Morgan fingerprint density at radius 3 is 2.89 bits per heavy atom. The van der Waals surface area contributed by atoms with Gasteiger partial charge < -0.3 is 14.4 Å². The fourth-order valence-corrected chi connectivity index (χ4v) is 3.72. The first-order valence-electron chi connectivity index (χ1n) is 9.18. The van der Waals surface area contributed by atoms with E-state index in [4.69, 9.17) is 9.47 Å². The Morgan fingerprint density at radius 2 is 2.14 bits per heavy atom. The van der Waals surface area contributed by atoms with Crippen LogP contribution in [-0.2, 0) is 24.0 Å². The normalized spacial score (nSPS) is 19.5. The molecule has 1 saturated heterocycles. The summed E-state index contributed by atoms with van der Waals surface area (Å²) in [4.78, 5) is 13.3. The maximum Gasteiger partial charge on any atom is 0.423 e. The molecular formula is C19H20F3N3O3. The maximum absolute atomic E-state index is 13.4. The van der Waals surface area contributed by atoms with E-state index in [1.807, 2.05) is 23.3 Å². The standard InChI is InChI=1S/C19H20F3N3O3/c20-19(21,22)17-15(8-23-24-18(17)26)25-9-12-4-3-6-16(14(12)10-25)28-11-13-5-1-2-7-27-13/h3-4,6,8,13H,1-2,5,7,9-11H2,(H,24,26). The van der Waals surface area contributed by atoms with Crippen LogP contribution in [0.4, 0.5) is 18.9 Å². The fraction of sp³-hybridized carbons (Fsp3) is 0.474. The number of halogens is 3. The zero-order chi connectivity index (χ0) is 19.7. The topological polar surface area (TPSA) is 67.5 Å². The van der Waals surface area contributed by atoms with Crippen LogP contribution in [0.3, 0.4) is 0 Å². The van der Waals surface area contributed by atoms with Crippen LogP contribution >= 0.6 is 0 Å². The van der Waals surface area contributed by atoms with E-state index in [-0.39, 0.29) is 24.9 Å². The first-order valence-corrected chi connectivity index (χ1v) is 9.18. The number of rotatable bonds is 4. The summed E-state index contributed by atoms with van der Waals surface area (Å²) in [6, 6.07) is 5.49. The maximum atomic E-state index is 13.4. The summed E-state index contributed by atoms with van der Waals surface area (Å²) >= 11 is 0. The second-order valence-electron chi connectivity index (χ2n) is 7.01. The van der Waals surface area contributed by atoms with Gasteiger partial charge in [-0.1, -0.05) is 12.1 Å². The lowest BCUT2D eigenvalue weighted by molar-refractivity contribution is -0.138. The second kappa shape index (κ2) is 7.46. The number of H-pyrrole nitrogens is 1. The summed E-state index contributed by atoms with van der Waals surface area (Å²) in [5.74, 6) is 0.639. The first kappa shape index (κ1) is 18.8. The van der Waals surface area contributed by atoms with Crippen molar-refractivity contribution in [3.8, 4) is 5.75 Å². The third kappa shape index (κ3) is 3.71. The quantitative estimate of drug-likeness (QED) is 0.861. The fourth-order valence-electron chi connectivity index (χ4n) is 3.72. The van der Waals surface area contributed by atoms with Crippen molar-refractivity contribution in [3.05, 3.63) is 51.4 Å². The average molecular weight is 395 g/mol. The van der Waals surface area contributed by atoms with Crippen molar-refractivity contribution in [2.75, 3.05) is 18.1 Å². The lowest BCUT2D eigenvalue weighted by atomic mass is 10.1. The summed E-state index contributed by atoms with van der Waals surface area (Å²) in [6.45, 7) is 1.60. The molecule has 0 saturated carbocycles. The van der Waals surface area contributed by atoms with Gasteiger partial charge in [-0.05, 0) is 30.9 Å². The molecule has 2 aliphatic rings. The second-order valence-corrected chi connectivity index (χ2v) is 7.01. The van der Waals surface area contributed by atoms with Crippen LogP contribution in [0.1, 0.15) is 36.0 Å². The van der Waals surface area contributed by atoms with Gasteiger partial charge in [0.2, 0.25) is 0 Å². The van der Waals surface area contributed by atoms with Crippen molar-refractivity contribution in [1.29, 1.82) is 0 Å². The van der Waals surface area contributed by atoms with Gasteiger partial charge in [0.15, 0.2) is 0 Å². The molecule has 2 aliphatic heterocycles. The van der Waals surface area contributed by atoms with E-state index in [0.717, 1.165) is 43.2 Å². The molecule has 0 bridgehead atoms. The van der Waals surface area contributed by atoms with Crippen molar-refractivity contribution in [2.45, 2.75) is 44.6 Å². The molecule has 1 fully saturated rings. The van der Waals surface area contributed by atoms with Gasteiger partial charge in [-0.15, -0.1) is 0 Å². The van der Waals surface area contributed by atoms with Gasteiger partial charge >= 0.3 is 6.18 Å². The molecule has 1 aromatic carbocycles. The van der Waals surface area contributed by atoms with Crippen LogP contribution in [-0.4, -0.2) is 29.5 Å². The number of fused-ring (bicyclic) bond motifs is 1. The van der Waals surface area contributed by atoms with E-state index in [1.165, 1.54) is 4.90 Å². The van der Waals surface area contributed by atoms with Crippen molar-refractivity contribution in [1.82, 2.24) is 10.2 Å². The molecule has 3 heterocycles.